The number of halogens is 4. The number of quaternary nitrogens is 1. The lowest BCUT2D eigenvalue weighted by atomic mass is 9.86. The first-order chi connectivity index (χ1) is 6.98. The normalized spacial score (nSPS) is 14.1. The third-order valence-electron chi connectivity index (χ3n) is 2.57. The van der Waals surface area contributed by atoms with Crippen molar-refractivity contribution >= 4 is 7.25 Å². The molecular weight excluding hydrogens is 221 g/mol. The molecule has 0 aromatic rings. The molecule has 0 amide bonds. The summed E-state index contributed by atoms with van der Waals surface area (Å²) in [6.07, 6.45) is 5.41. The molecular formula is C10H24BF4N. The summed E-state index contributed by atoms with van der Waals surface area (Å²) in [6, 6.07) is 0. The summed E-state index contributed by atoms with van der Waals surface area (Å²) < 4.78 is 39.0. The van der Waals surface area contributed by atoms with Gasteiger partial charge in [-0.3, -0.25) is 0 Å². The van der Waals surface area contributed by atoms with E-state index in [1.807, 2.05) is 0 Å². The Morgan fingerprint density at radius 2 is 1.50 bits per heavy atom. The van der Waals surface area contributed by atoms with Gasteiger partial charge in [0, 0.05) is 5.92 Å². The van der Waals surface area contributed by atoms with Crippen LogP contribution in [0.4, 0.5) is 17.3 Å². The zero-order valence-corrected chi connectivity index (χ0v) is 10.7. The highest BCUT2D eigenvalue weighted by Gasteiger charge is 2.23. The van der Waals surface area contributed by atoms with Crippen LogP contribution in [0.2, 0.25) is 0 Å². The van der Waals surface area contributed by atoms with Gasteiger partial charge < -0.3 is 23.0 Å². The van der Waals surface area contributed by atoms with Gasteiger partial charge in [0.15, 0.2) is 0 Å². The minimum absolute atomic E-state index is 0.258. The summed E-state index contributed by atoms with van der Waals surface area (Å²) in [5.41, 5.74) is 4.41. The Hall–Kier alpha value is -0.255. The Morgan fingerprint density at radius 1 is 1.12 bits per heavy atom. The van der Waals surface area contributed by atoms with Crippen LogP contribution in [0.1, 0.15) is 53.4 Å². The maximum Gasteiger partial charge on any atom is 0.673 e. The molecule has 0 bridgehead atoms. The molecule has 0 heterocycles. The van der Waals surface area contributed by atoms with Crippen molar-refractivity contribution in [3.8, 4) is 0 Å². The van der Waals surface area contributed by atoms with Crippen LogP contribution in [0.3, 0.4) is 0 Å². The van der Waals surface area contributed by atoms with E-state index in [9.17, 15) is 17.3 Å². The topological polar surface area (TPSA) is 27.6 Å². The van der Waals surface area contributed by atoms with Crippen molar-refractivity contribution in [2.75, 3.05) is 0 Å². The average molecular weight is 245 g/mol. The lowest BCUT2D eigenvalue weighted by molar-refractivity contribution is -0.479. The molecule has 0 aliphatic carbocycles. The fraction of sp³-hybridized carbons (Fsp3) is 1.00. The molecule has 1 unspecified atom stereocenters. The summed E-state index contributed by atoms with van der Waals surface area (Å²) in [5, 5.41) is 0. The summed E-state index contributed by atoms with van der Waals surface area (Å²) in [6.45, 7) is 9.01. The molecule has 100 valence electrons. The Balaban J connectivity index is 0. The first-order valence-corrected chi connectivity index (χ1v) is 5.71. The van der Waals surface area contributed by atoms with Crippen LogP contribution < -0.4 is 5.73 Å². The van der Waals surface area contributed by atoms with Gasteiger partial charge >= 0.3 is 7.25 Å². The van der Waals surface area contributed by atoms with E-state index in [1.54, 1.807) is 0 Å². The van der Waals surface area contributed by atoms with Gasteiger partial charge in [-0.25, -0.2) is 0 Å². The van der Waals surface area contributed by atoms with Crippen LogP contribution in [-0.4, -0.2) is 12.8 Å². The van der Waals surface area contributed by atoms with Crippen molar-refractivity contribution in [2.24, 2.45) is 5.92 Å². The zero-order valence-electron chi connectivity index (χ0n) is 10.7. The molecule has 6 heteroatoms. The van der Waals surface area contributed by atoms with Crippen molar-refractivity contribution in [2.45, 2.75) is 58.9 Å². The SMILES string of the molecule is CCCCCC(C)C(C)(C)[NH3+].F[B-](F)(F)F. The van der Waals surface area contributed by atoms with Gasteiger partial charge in [0.2, 0.25) is 0 Å². The van der Waals surface area contributed by atoms with Gasteiger partial charge in [-0.2, -0.15) is 0 Å². The molecule has 0 spiro atoms. The van der Waals surface area contributed by atoms with Gasteiger partial charge in [-0.05, 0) is 20.3 Å². The standard InChI is InChI=1S/C10H23N.BF4/c1-5-6-7-8-9(2)10(3,4)11;2-1(3,4)5/h9H,5-8,11H2,1-4H3;/q;-1/p+1. The Labute approximate surface area is 95.9 Å². The van der Waals surface area contributed by atoms with Crippen LogP contribution >= 0.6 is 0 Å². The molecule has 1 nitrogen and oxygen atoms in total. The molecule has 1 atom stereocenters. The van der Waals surface area contributed by atoms with Gasteiger partial charge in [0.25, 0.3) is 0 Å². The maximum absolute atomic E-state index is 9.75. The fourth-order valence-electron chi connectivity index (χ4n) is 1.09. The number of rotatable bonds is 5. The van der Waals surface area contributed by atoms with E-state index in [4.69, 9.17) is 0 Å². The molecule has 0 rings (SSSR count). The first-order valence-electron chi connectivity index (χ1n) is 5.71. The van der Waals surface area contributed by atoms with Gasteiger partial charge in [0.05, 0.1) is 5.54 Å². The monoisotopic (exact) mass is 245 g/mol. The highest BCUT2D eigenvalue weighted by atomic mass is 19.5. The highest BCUT2D eigenvalue weighted by Crippen LogP contribution is 2.17. The minimum Gasteiger partial charge on any atom is -0.418 e. The molecule has 0 saturated carbocycles. The van der Waals surface area contributed by atoms with Crippen molar-refractivity contribution in [1.82, 2.24) is 0 Å². The molecule has 0 aromatic heterocycles. The molecule has 0 fully saturated rings. The largest absolute Gasteiger partial charge is 0.673 e. The second-order valence-electron chi connectivity index (χ2n) is 4.88. The van der Waals surface area contributed by atoms with Crippen LogP contribution in [0.25, 0.3) is 0 Å². The van der Waals surface area contributed by atoms with E-state index in [0.717, 1.165) is 5.92 Å². The van der Waals surface area contributed by atoms with Crippen molar-refractivity contribution in [1.29, 1.82) is 0 Å². The minimum atomic E-state index is -6.00. The fourth-order valence-corrected chi connectivity index (χ4v) is 1.09. The van der Waals surface area contributed by atoms with Gasteiger partial charge in [-0.15, -0.1) is 0 Å². The number of unbranched alkanes of at least 4 members (excludes halogenated alkanes) is 2. The Kier molecular flexibility index (Phi) is 8.98. The smallest absolute Gasteiger partial charge is 0.418 e. The average Bonchev–Trinajstić information content (AvgIpc) is 1.99. The van der Waals surface area contributed by atoms with E-state index in [2.05, 4.69) is 33.4 Å². The zero-order chi connectivity index (χ0) is 13.4. The summed E-state index contributed by atoms with van der Waals surface area (Å²) in [7, 11) is -6.00. The predicted octanol–water partition coefficient (Wildman–Crippen LogP) is 3.52. The quantitative estimate of drug-likeness (QED) is 0.436. The summed E-state index contributed by atoms with van der Waals surface area (Å²) in [5.74, 6) is 0.758. The molecule has 0 aromatic carbocycles. The highest BCUT2D eigenvalue weighted by molar-refractivity contribution is 6.50. The molecule has 0 aliphatic heterocycles. The van der Waals surface area contributed by atoms with E-state index in [1.165, 1.54) is 25.7 Å². The number of hydrogen-bond donors (Lipinski definition) is 1. The van der Waals surface area contributed by atoms with Crippen LogP contribution in [0.15, 0.2) is 0 Å². The van der Waals surface area contributed by atoms with E-state index in [0.29, 0.717) is 0 Å². The molecule has 0 aliphatic rings. The van der Waals surface area contributed by atoms with Gasteiger partial charge in [0.1, 0.15) is 0 Å². The van der Waals surface area contributed by atoms with E-state index in [-0.39, 0.29) is 5.54 Å². The molecule has 0 radical (unpaired) electrons. The third-order valence-corrected chi connectivity index (χ3v) is 2.57. The van der Waals surface area contributed by atoms with Crippen LogP contribution in [0, 0.1) is 5.92 Å². The third kappa shape index (κ3) is 19.3. The van der Waals surface area contributed by atoms with Crippen LogP contribution in [0.5, 0.6) is 0 Å². The summed E-state index contributed by atoms with van der Waals surface area (Å²) in [4.78, 5) is 0. The molecule has 3 N–H and O–H groups in total. The Bertz CT molecular complexity index is 159. The first kappa shape index (κ1) is 18.1. The lowest BCUT2D eigenvalue weighted by Crippen LogP contribution is -2.72. The van der Waals surface area contributed by atoms with Crippen molar-refractivity contribution in [3.63, 3.8) is 0 Å². The van der Waals surface area contributed by atoms with Crippen molar-refractivity contribution in [3.05, 3.63) is 0 Å². The lowest BCUT2D eigenvalue weighted by Gasteiger charge is -2.23. The second kappa shape index (κ2) is 7.93. The van der Waals surface area contributed by atoms with Crippen molar-refractivity contribution < 1.29 is 23.0 Å². The molecule has 0 saturated heterocycles. The predicted molar refractivity (Wildman–Crippen MR) is 60.5 cm³/mol. The second-order valence-corrected chi connectivity index (χ2v) is 4.88. The molecule has 16 heavy (non-hydrogen) atoms. The van der Waals surface area contributed by atoms with E-state index >= 15 is 0 Å². The Morgan fingerprint density at radius 3 is 1.75 bits per heavy atom. The van der Waals surface area contributed by atoms with Crippen LogP contribution in [-0.2, 0) is 0 Å². The van der Waals surface area contributed by atoms with E-state index < -0.39 is 7.25 Å². The maximum atomic E-state index is 9.75. The van der Waals surface area contributed by atoms with Gasteiger partial charge in [-0.1, -0.05) is 33.1 Å². The summed E-state index contributed by atoms with van der Waals surface area (Å²) >= 11 is 0. The number of hydrogen-bond acceptors (Lipinski definition) is 0.